The standard InChI is InChI=1S/C10H9BrN2/c1-7-4-2-3-5-8(7)9-6-12-13-10(9)11/h2-6H,1H3,(H,12,13). The van der Waals surface area contributed by atoms with Gasteiger partial charge in [0.2, 0.25) is 0 Å². The van der Waals surface area contributed by atoms with Crippen molar-refractivity contribution in [1.29, 1.82) is 0 Å². The monoisotopic (exact) mass is 236 g/mol. The second kappa shape index (κ2) is 3.34. The lowest BCUT2D eigenvalue weighted by Crippen LogP contribution is -1.80. The van der Waals surface area contributed by atoms with Crippen molar-refractivity contribution in [1.82, 2.24) is 10.2 Å². The molecule has 66 valence electrons. The number of benzene rings is 1. The third kappa shape index (κ3) is 1.52. The van der Waals surface area contributed by atoms with Crippen LogP contribution >= 0.6 is 15.9 Å². The number of hydrogen-bond donors (Lipinski definition) is 1. The number of aromatic amines is 1. The molecule has 0 radical (unpaired) electrons. The van der Waals surface area contributed by atoms with E-state index in [1.165, 1.54) is 11.1 Å². The van der Waals surface area contributed by atoms with Crippen molar-refractivity contribution in [2.45, 2.75) is 6.92 Å². The smallest absolute Gasteiger partial charge is 0.108 e. The summed E-state index contributed by atoms with van der Waals surface area (Å²) in [5, 5.41) is 6.83. The Morgan fingerprint density at radius 3 is 2.62 bits per heavy atom. The van der Waals surface area contributed by atoms with Crippen molar-refractivity contribution in [2.75, 3.05) is 0 Å². The van der Waals surface area contributed by atoms with E-state index in [1.807, 2.05) is 18.3 Å². The number of nitrogens with zero attached hydrogens (tertiary/aromatic N) is 1. The van der Waals surface area contributed by atoms with E-state index < -0.39 is 0 Å². The number of halogens is 1. The summed E-state index contributed by atoms with van der Waals surface area (Å²) in [6.45, 7) is 2.09. The summed E-state index contributed by atoms with van der Waals surface area (Å²) < 4.78 is 0.932. The molecule has 0 saturated carbocycles. The number of aromatic nitrogens is 2. The van der Waals surface area contributed by atoms with Gasteiger partial charge in [-0.25, -0.2) is 0 Å². The molecule has 2 nitrogen and oxygen atoms in total. The zero-order valence-electron chi connectivity index (χ0n) is 7.21. The summed E-state index contributed by atoms with van der Waals surface area (Å²) in [4.78, 5) is 0. The molecule has 0 unspecified atom stereocenters. The molecule has 0 aliphatic carbocycles. The second-order valence-electron chi connectivity index (χ2n) is 2.91. The first-order valence-corrected chi connectivity index (χ1v) is 4.83. The van der Waals surface area contributed by atoms with Gasteiger partial charge in [-0.3, -0.25) is 5.10 Å². The lowest BCUT2D eigenvalue weighted by atomic mass is 10.0. The molecule has 1 aromatic heterocycles. The fourth-order valence-electron chi connectivity index (χ4n) is 1.33. The Morgan fingerprint density at radius 2 is 2.00 bits per heavy atom. The van der Waals surface area contributed by atoms with Crippen LogP contribution in [-0.4, -0.2) is 10.2 Å². The summed E-state index contributed by atoms with van der Waals surface area (Å²) in [6.07, 6.45) is 1.83. The van der Waals surface area contributed by atoms with E-state index in [0.717, 1.165) is 10.2 Å². The molecule has 0 spiro atoms. The first-order valence-electron chi connectivity index (χ1n) is 4.04. The third-order valence-electron chi connectivity index (χ3n) is 2.03. The van der Waals surface area contributed by atoms with Gasteiger partial charge in [-0.05, 0) is 34.0 Å². The van der Waals surface area contributed by atoms with Gasteiger partial charge >= 0.3 is 0 Å². The molecular formula is C10H9BrN2. The van der Waals surface area contributed by atoms with Gasteiger partial charge < -0.3 is 0 Å². The Bertz CT molecular complexity index is 420. The topological polar surface area (TPSA) is 28.7 Å². The summed E-state index contributed by atoms with van der Waals surface area (Å²) in [5.74, 6) is 0. The third-order valence-corrected chi connectivity index (χ3v) is 2.63. The van der Waals surface area contributed by atoms with Crippen LogP contribution in [0.15, 0.2) is 35.1 Å². The Labute approximate surface area is 85.1 Å². The molecule has 13 heavy (non-hydrogen) atoms. The molecular weight excluding hydrogens is 228 g/mol. The van der Waals surface area contributed by atoms with E-state index in [4.69, 9.17) is 0 Å². The average Bonchev–Trinajstić information content (AvgIpc) is 2.52. The minimum absolute atomic E-state index is 0.932. The Morgan fingerprint density at radius 1 is 1.23 bits per heavy atom. The molecule has 0 aliphatic rings. The summed E-state index contributed by atoms with van der Waals surface area (Å²) >= 11 is 3.42. The number of aryl methyl sites for hydroxylation is 1. The lowest BCUT2D eigenvalue weighted by Gasteiger charge is -2.02. The molecule has 0 amide bonds. The molecule has 2 rings (SSSR count). The first-order chi connectivity index (χ1) is 6.29. The molecule has 0 fully saturated rings. The minimum atomic E-state index is 0.932. The van der Waals surface area contributed by atoms with Crippen LogP contribution < -0.4 is 0 Å². The van der Waals surface area contributed by atoms with Gasteiger partial charge in [0, 0.05) is 5.56 Å². The predicted octanol–water partition coefficient (Wildman–Crippen LogP) is 3.15. The fourth-order valence-corrected chi connectivity index (χ4v) is 1.75. The maximum absolute atomic E-state index is 3.97. The van der Waals surface area contributed by atoms with E-state index in [1.54, 1.807) is 0 Å². The number of nitrogens with one attached hydrogen (secondary N) is 1. The Balaban J connectivity index is 2.59. The molecule has 1 aromatic carbocycles. The molecule has 3 heteroatoms. The van der Waals surface area contributed by atoms with Gasteiger partial charge in [-0.2, -0.15) is 5.10 Å². The largest absolute Gasteiger partial charge is 0.271 e. The highest BCUT2D eigenvalue weighted by atomic mass is 79.9. The second-order valence-corrected chi connectivity index (χ2v) is 3.71. The minimum Gasteiger partial charge on any atom is -0.271 e. The average molecular weight is 237 g/mol. The van der Waals surface area contributed by atoms with Crippen LogP contribution in [-0.2, 0) is 0 Å². The molecule has 0 bridgehead atoms. The van der Waals surface area contributed by atoms with Gasteiger partial charge in [0.05, 0.1) is 6.20 Å². The lowest BCUT2D eigenvalue weighted by molar-refractivity contribution is 1.07. The summed E-state index contributed by atoms with van der Waals surface area (Å²) in [5.41, 5.74) is 3.57. The van der Waals surface area contributed by atoms with Gasteiger partial charge in [0.25, 0.3) is 0 Å². The quantitative estimate of drug-likeness (QED) is 0.810. The van der Waals surface area contributed by atoms with Crippen LogP contribution in [0.1, 0.15) is 5.56 Å². The fraction of sp³-hybridized carbons (Fsp3) is 0.100. The van der Waals surface area contributed by atoms with Crippen molar-refractivity contribution in [3.8, 4) is 11.1 Å². The molecule has 0 saturated heterocycles. The van der Waals surface area contributed by atoms with Crippen molar-refractivity contribution in [3.63, 3.8) is 0 Å². The highest BCUT2D eigenvalue weighted by Crippen LogP contribution is 2.28. The summed E-state index contributed by atoms with van der Waals surface area (Å²) in [6, 6.07) is 8.24. The molecule has 0 aliphatic heterocycles. The van der Waals surface area contributed by atoms with Crippen LogP contribution in [0.25, 0.3) is 11.1 Å². The van der Waals surface area contributed by atoms with E-state index >= 15 is 0 Å². The van der Waals surface area contributed by atoms with E-state index in [0.29, 0.717) is 0 Å². The number of rotatable bonds is 1. The van der Waals surface area contributed by atoms with Crippen LogP contribution in [0.3, 0.4) is 0 Å². The van der Waals surface area contributed by atoms with Crippen molar-refractivity contribution >= 4 is 15.9 Å². The van der Waals surface area contributed by atoms with Gasteiger partial charge in [-0.1, -0.05) is 24.3 Å². The Hall–Kier alpha value is -1.09. The molecule has 1 heterocycles. The predicted molar refractivity (Wildman–Crippen MR) is 56.5 cm³/mol. The van der Waals surface area contributed by atoms with E-state index in [2.05, 4.69) is 45.2 Å². The first kappa shape index (κ1) is 8.51. The van der Waals surface area contributed by atoms with Crippen molar-refractivity contribution < 1.29 is 0 Å². The summed E-state index contributed by atoms with van der Waals surface area (Å²) in [7, 11) is 0. The molecule has 2 aromatic rings. The Kier molecular flexibility index (Phi) is 2.19. The SMILES string of the molecule is Cc1ccccc1-c1cn[nH]c1Br. The highest BCUT2D eigenvalue weighted by Gasteiger charge is 2.06. The van der Waals surface area contributed by atoms with Crippen LogP contribution in [0.4, 0.5) is 0 Å². The highest BCUT2D eigenvalue weighted by molar-refractivity contribution is 9.10. The number of H-pyrrole nitrogens is 1. The zero-order valence-corrected chi connectivity index (χ0v) is 8.80. The van der Waals surface area contributed by atoms with Crippen molar-refractivity contribution in [2.24, 2.45) is 0 Å². The maximum Gasteiger partial charge on any atom is 0.108 e. The van der Waals surface area contributed by atoms with Crippen LogP contribution in [0.2, 0.25) is 0 Å². The number of hydrogen-bond acceptors (Lipinski definition) is 1. The van der Waals surface area contributed by atoms with Gasteiger partial charge in [-0.15, -0.1) is 0 Å². The van der Waals surface area contributed by atoms with Crippen LogP contribution in [0, 0.1) is 6.92 Å². The normalized spacial score (nSPS) is 10.3. The van der Waals surface area contributed by atoms with Crippen LogP contribution in [0.5, 0.6) is 0 Å². The van der Waals surface area contributed by atoms with E-state index in [-0.39, 0.29) is 0 Å². The molecule has 0 atom stereocenters. The van der Waals surface area contributed by atoms with Gasteiger partial charge in [0.15, 0.2) is 0 Å². The van der Waals surface area contributed by atoms with Crippen molar-refractivity contribution in [3.05, 3.63) is 40.6 Å². The van der Waals surface area contributed by atoms with Gasteiger partial charge in [0.1, 0.15) is 4.60 Å². The van der Waals surface area contributed by atoms with E-state index in [9.17, 15) is 0 Å². The molecule has 1 N–H and O–H groups in total. The zero-order chi connectivity index (χ0) is 9.26. The maximum atomic E-state index is 3.97.